The van der Waals surface area contributed by atoms with E-state index in [1.165, 1.54) is 14.0 Å². The summed E-state index contributed by atoms with van der Waals surface area (Å²) in [6.45, 7) is 2.78. The van der Waals surface area contributed by atoms with Gasteiger partial charge in [0.25, 0.3) is 5.91 Å². The third-order valence-electron chi connectivity index (χ3n) is 5.53. The smallest absolute Gasteiger partial charge is 0.255 e. The largest absolute Gasteiger partial charge is 0.496 e. The lowest BCUT2D eigenvalue weighted by Crippen LogP contribution is -2.32. The Morgan fingerprint density at radius 1 is 1.31 bits per heavy atom. The Bertz CT molecular complexity index is 1070. The van der Waals surface area contributed by atoms with Gasteiger partial charge in [-0.3, -0.25) is 9.78 Å². The van der Waals surface area contributed by atoms with Crippen molar-refractivity contribution in [3.8, 4) is 17.0 Å². The van der Waals surface area contributed by atoms with Crippen LogP contribution >= 0.6 is 0 Å². The van der Waals surface area contributed by atoms with Gasteiger partial charge in [-0.25, -0.2) is 4.39 Å². The Hall–Kier alpha value is -3.33. The molecule has 0 bridgehead atoms. The molecule has 0 saturated carbocycles. The molecule has 0 aromatic carbocycles. The first-order valence-electron chi connectivity index (χ1n) is 10.5. The van der Waals surface area contributed by atoms with Crippen molar-refractivity contribution >= 4 is 11.6 Å². The molecule has 1 amide bonds. The maximum atomic E-state index is 15.1. The highest BCUT2D eigenvalue weighted by atomic mass is 19.1. The van der Waals surface area contributed by atoms with E-state index < -0.39 is 5.67 Å². The lowest BCUT2D eigenvalue weighted by atomic mass is 9.95. The summed E-state index contributed by atoms with van der Waals surface area (Å²) >= 11 is 0. The molecule has 9 heteroatoms. The molecule has 1 atom stereocenters. The standard InChI is InChI=1S/C23H27FN4O4/c1-23(24)8-4-5-16(21(23)31-3)28-20-18-15(7-10-26-22(18)29)27-19(20)14-6-9-25-13-17(14)32-12-11-30-2/h4-6,9,13,27-28H,7-8,10-12H2,1-3H3,(H,26,29). The molecule has 8 nitrogen and oxygen atoms in total. The van der Waals surface area contributed by atoms with E-state index in [4.69, 9.17) is 14.2 Å². The SMILES string of the molecule is COCCOc1cnccc1-c1[nH]c2c(c1NC1=C(OC)C(C)(F)CC=C1)C(=O)NCC2. The van der Waals surface area contributed by atoms with Crippen LogP contribution < -0.4 is 15.4 Å². The number of alkyl halides is 1. The van der Waals surface area contributed by atoms with E-state index in [-0.39, 0.29) is 18.1 Å². The molecular weight excluding hydrogens is 415 g/mol. The number of hydrogen-bond donors (Lipinski definition) is 3. The molecule has 2 aromatic heterocycles. The highest BCUT2D eigenvalue weighted by molar-refractivity contribution is 6.06. The number of anilines is 1. The van der Waals surface area contributed by atoms with Crippen molar-refractivity contribution in [3.63, 3.8) is 0 Å². The second kappa shape index (κ2) is 9.04. The van der Waals surface area contributed by atoms with E-state index in [1.807, 2.05) is 6.07 Å². The fourth-order valence-corrected chi connectivity index (χ4v) is 4.05. The third kappa shape index (κ3) is 4.08. The molecule has 2 aromatic rings. The van der Waals surface area contributed by atoms with Crippen molar-refractivity contribution in [1.29, 1.82) is 0 Å². The summed E-state index contributed by atoms with van der Waals surface area (Å²) in [6, 6.07) is 1.81. The van der Waals surface area contributed by atoms with Gasteiger partial charge in [0.05, 0.1) is 42.6 Å². The van der Waals surface area contributed by atoms with Crippen LogP contribution in [0.4, 0.5) is 10.1 Å². The maximum absolute atomic E-state index is 15.1. The summed E-state index contributed by atoms with van der Waals surface area (Å²) in [5.74, 6) is 0.528. The third-order valence-corrected chi connectivity index (χ3v) is 5.53. The molecule has 170 valence electrons. The minimum atomic E-state index is -1.66. The molecule has 32 heavy (non-hydrogen) atoms. The van der Waals surface area contributed by atoms with E-state index >= 15 is 4.39 Å². The highest BCUT2D eigenvalue weighted by Crippen LogP contribution is 2.41. The Labute approximate surface area is 185 Å². The van der Waals surface area contributed by atoms with Gasteiger partial charge in [0.1, 0.15) is 12.4 Å². The van der Waals surface area contributed by atoms with Gasteiger partial charge in [-0.2, -0.15) is 0 Å². The predicted molar refractivity (Wildman–Crippen MR) is 118 cm³/mol. The van der Waals surface area contributed by atoms with Crippen molar-refractivity contribution in [2.24, 2.45) is 0 Å². The minimum Gasteiger partial charge on any atom is -0.496 e. The van der Waals surface area contributed by atoms with E-state index in [0.29, 0.717) is 54.6 Å². The number of carbonyl (C=O) groups is 1. The zero-order valence-electron chi connectivity index (χ0n) is 18.4. The van der Waals surface area contributed by atoms with Gasteiger partial charge in [-0.05, 0) is 19.1 Å². The van der Waals surface area contributed by atoms with E-state index in [9.17, 15) is 4.79 Å². The lowest BCUT2D eigenvalue weighted by molar-refractivity contribution is 0.0947. The predicted octanol–water partition coefficient (Wildman–Crippen LogP) is 3.35. The van der Waals surface area contributed by atoms with Gasteiger partial charge in [0.2, 0.25) is 0 Å². The molecule has 4 rings (SSSR count). The molecule has 1 aliphatic heterocycles. The minimum absolute atomic E-state index is 0.184. The number of nitrogens with one attached hydrogen (secondary N) is 3. The fourth-order valence-electron chi connectivity index (χ4n) is 4.05. The number of allylic oxidation sites excluding steroid dienone is 3. The number of methoxy groups -OCH3 is 2. The summed E-state index contributed by atoms with van der Waals surface area (Å²) in [5, 5.41) is 6.15. The van der Waals surface area contributed by atoms with Crippen LogP contribution in [0, 0.1) is 0 Å². The van der Waals surface area contributed by atoms with E-state index in [2.05, 4.69) is 20.6 Å². The molecule has 0 radical (unpaired) electrons. The first-order chi connectivity index (χ1) is 15.5. The number of halogens is 1. The molecule has 1 unspecified atom stereocenters. The second-order valence-corrected chi connectivity index (χ2v) is 7.82. The van der Waals surface area contributed by atoms with Crippen LogP contribution in [0.25, 0.3) is 11.3 Å². The number of aromatic nitrogens is 2. The van der Waals surface area contributed by atoms with Crippen molar-refractivity contribution in [1.82, 2.24) is 15.3 Å². The first kappa shape index (κ1) is 21.9. The number of aromatic amines is 1. The average Bonchev–Trinajstić information content (AvgIpc) is 3.13. The number of pyridine rings is 1. The molecule has 0 fully saturated rings. The van der Waals surface area contributed by atoms with Crippen molar-refractivity contribution in [3.05, 3.63) is 53.3 Å². The van der Waals surface area contributed by atoms with Gasteiger partial charge >= 0.3 is 0 Å². The Balaban J connectivity index is 1.84. The van der Waals surface area contributed by atoms with Gasteiger partial charge in [0.15, 0.2) is 11.4 Å². The number of H-pyrrole nitrogens is 1. The lowest BCUT2D eigenvalue weighted by Gasteiger charge is -2.27. The van der Waals surface area contributed by atoms with Crippen LogP contribution in [0.1, 0.15) is 29.4 Å². The zero-order chi connectivity index (χ0) is 22.7. The highest BCUT2D eigenvalue weighted by Gasteiger charge is 2.35. The number of hydrogen-bond acceptors (Lipinski definition) is 6. The molecule has 3 N–H and O–H groups in total. The number of carbonyl (C=O) groups excluding carboxylic acids is 1. The monoisotopic (exact) mass is 442 g/mol. The number of nitrogens with zero attached hydrogens (tertiary/aromatic N) is 1. The molecule has 1 aliphatic carbocycles. The first-order valence-corrected chi connectivity index (χ1v) is 10.5. The van der Waals surface area contributed by atoms with Crippen molar-refractivity contribution < 1.29 is 23.4 Å². The van der Waals surface area contributed by atoms with Crippen LogP contribution in [0.3, 0.4) is 0 Å². The molecule has 0 spiro atoms. The van der Waals surface area contributed by atoms with Gasteiger partial charge < -0.3 is 29.8 Å². The van der Waals surface area contributed by atoms with Crippen molar-refractivity contribution in [2.75, 3.05) is 39.3 Å². The van der Waals surface area contributed by atoms with Gasteiger partial charge in [0, 0.05) is 44.0 Å². The fraction of sp³-hybridized carbons (Fsp3) is 0.391. The summed E-state index contributed by atoms with van der Waals surface area (Å²) in [7, 11) is 3.05. The summed E-state index contributed by atoms with van der Waals surface area (Å²) in [6.07, 6.45) is 7.65. The number of amides is 1. The van der Waals surface area contributed by atoms with Crippen molar-refractivity contribution in [2.45, 2.75) is 25.4 Å². The number of rotatable bonds is 8. The van der Waals surface area contributed by atoms with Gasteiger partial charge in [-0.15, -0.1) is 0 Å². The summed E-state index contributed by atoms with van der Waals surface area (Å²) in [5.41, 5.74) is 2.01. The maximum Gasteiger partial charge on any atom is 0.255 e. The summed E-state index contributed by atoms with van der Waals surface area (Å²) < 4.78 is 31.4. The van der Waals surface area contributed by atoms with Gasteiger partial charge in [-0.1, -0.05) is 6.08 Å². The Kier molecular flexibility index (Phi) is 6.18. The van der Waals surface area contributed by atoms with E-state index in [0.717, 1.165) is 11.3 Å². The Morgan fingerprint density at radius 3 is 2.94 bits per heavy atom. The number of ether oxygens (including phenoxy) is 3. The summed E-state index contributed by atoms with van der Waals surface area (Å²) in [4.78, 5) is 20.3. The van der Waals surface area contributed by atoms with Crippen LogP contribution in [-0.2, 0) is 15.9 Å². The van der Waals surface area contributed by atoms with Crippen LogP contribution in [0.5, 0.6) is 5.75 Å². The van der Waals surface area contributed by atoms with Crippen LogP contribution in [-0.4, -0.2) is 55.5 Å². The van der Waals surface area contributed by atoms with Crippen LogP contribution in [0.15, 0.2) is 42.1 Å². The molecule has 3 heterocycles. The molecule has 2 aliphatic rings. The normalized spacial score (nSPS) is 20.1. The van der Waals surface area contributed by atoms with E-state index in [1.54, 1.807) is 31.7 Å². The molecular formula is C23H27FN4O4. The zero-order valence-corrected chi connectivity index (χ0v) is 18.4. The molecule has 0 saturated heterocycles. The average molecular weight is 442 g/mol. The second-order valence-electron chi connectivity index (χ2n) is 7.82. The number of fused-ring (bicyclic) bond motifs is 1. The van der Waals surface area contributed by atoms with Crippen LogP contribution in [0.2, 0.25) is 0 Å². The topological polar surface area (TPSA) is 97.5 Å². The quantitative estimate of drug-likeness (QED) is 0.543. The Morgan fingerprint density at radius 2 is 2.16 bits per heavy atom.